The largest absolute Gasteiger partial charge is 0.245 e. The van der Waals surface area contributed by atoms with Crippen LogP contribution < -0.4 is 0 Å². The Morgan fingerprint density at radius 3 is 2.23 bits per heavy atom. The van der Waals surface area contributed by atoms with E-state index in [9.17, 15) is 8.78 Å². The number of hydrogen-bond acceptors (Lipinski definition) is 1. The third-order valence-electron chi connectivity index (χ3n) is 3.79. The van der Waals surface area contributed by atoms with Crippen molar-refractivity contribution in [1.29, 1.82) is 0 Å². The highest BCUT2D eigenvalue weighted by atomic mass is 19.1. The zero-order chi connectivity index (χ0) is 15.1. The van der Waals surface area contributed by atoms with Crippen molar-refractivity contribution in [2.75, 3.05) is 0 Å². The summed E-state index contributed by atoms with van der Waals surface area (Å²) in [5, 5.41) is 1.65. The summed E-state index contributed by atoms with van der Waals surface area (Å²) in [6, 6.07) is 18.8. The number of halogens is 2. The summed E-state index contributed by atoms with van der Waals surface area (Å²) < 4.78 is 27.4. The Morgan fingerprint density at radius 2 is 1.41 bits per heavy atom. The molecule has 4 aromatic rings. The van der Waals surface area contributed by atoms with Crippen LogP contribution in [0, 0.1) is 11.6 Å². The first kappa shape index (κ1) is 12.9. The standard InChI is InChI=1S/C19H11F2N/c20-13-10-8-12(9-11-13)18-14-4-1-2-7-17(14)22-19-15(18)5-3-6-16(19)21/h1-11H. The molecule has 3 aromatic carbocycles. The number of benzene rings is 3. The molecule has 106 valence electrons. The molecule has 0 aliphatic heterocycles. The number of fused-ring (bicyclic) bond motifs is 2. The number of rotatable bonds is 1. The Hall–Kier alpha value is -2.81. The van der Waals surface area contributed by atoms with Gasteiger partial charge in [-0.3, -0.25) is 0 Å². The molecule has 0 saturated carbocycles. The molecule has 0 aliphatic rings. The van der Waals surface area contributed by atoms with E-state index in [0.29, 0.717) is 5.52 Å². The lowest BCUT2D eigenvalue weighted by Gasteiger charge is -2.11. The first-order valence-electron chi connectivity index (χ1n) is 6.97. The van der Waals surface area contributed by atoms with E-state index in [1.807, 2.05) is 30.3 Å². The average molecular weight is 291 g/mol. The van der Waals surface area contributed by atoms with Crippen LogP contribution in [-0.4, -0.2) is 4.98 Å². The fourth-order valence-electron chi connectivity index (χ4n) is 2.81. The lowest BCUT2D eigenvalue weighted by Crippen LogP contribution is -1.91. The van der Waals surface area contributed by atoms with Crippen molar-refractivity contribution < 1.29 is 8.78 Å². The third kappa shape index (κ3) is 1.94. The van der Waals surface area contributed by atoms with Gasteiger partial charge in [0.25, 0.3) is 0 Å². The second-order valence-electron chi connectivity index (χ2n) is 5.15. The van der Waals surface area contributed by atoms with E-state index in [2.05, 4.69) is 4.98 Å². The van der Waals surface area contributed by atoms with Gasteiger partial charge in [-0.1, -0.05) is 42.5 Å². The van der Waals surface area contributed by atoms with E-state index in [1.165, 1.54) is 18.2 Å². The molecule has 0 saturated heterocycles. The summed E-state index contributed by atoms with van der Waals surface area (Å²) >= 11 is 0. The fraction of sp³-hybridized carbons (Fsp3) is 0. The molecular weight excluding hydrogens is 280 g/mol. The zero-order valence-electron chi connectivity index (χ0n) is 11.6. The summed E-state index contributed by atoms with van der Waals surface area (Å²) in [6.07, 6.45) is 0. The first-order valence-corrected chi connectivity index (χ1v) is 6.97. The molecule has 0 N–H and O–H groups in total. The number of nitrogens with zero attached hydrogens (tertiary/aromatic N) is 1. The van der Waals surface area contributed by atoms with E-state index in [-0.39, 0.29) is 11.6 Å². The minimum absolute atomic E-state index is 0.294. The van der Waals surface area contributed by atoms with Gasteiger partial charge >= 0.3 is 0 Å². The van der Waals surface area contributed by atoms with E-state index in [0.717, 1.165) is 27.4 Å². The fourth-order valence-corrected chi connectivity index (χ4v) is 2.81. The summed E-state index contributed by atoms with van der Waals surface area (Å²) in [5.41, 5.74) is 2.77. The molecule has 0 bridgehead atoms. The minimum Gasteiger partial charge on any atom is -0.245 e. The van der Waals surface area contributed by atoms with Crippen LogP contribution in [0.25, 0.3) is 32.9 Å². The molecule has 22 heavy (non-hydrogen) atoms. The summed E-state index contributed by atoms with van der Waals surface area (Å²) in [6.45, 7) is 0. The maximum Gasteiger partial charge on any atom is 0.149 e. The lowest BCUT2D eigenvalue weighted by atomic mass is 9.96. The van der Waals surface area contributed by atoms with E-state index in [1.54, 1.807) is 18.2 Å². The molecule has 0 radical (unpaired) electrons. The van der Waals surface area contributed by atoms with Gasteiger partial charge in [0.15, 0.2) is 0 Å². The van der Waals surface area contributed by atoms with Gasteiger partial charge in [0.05, 0.1) is 5.52 Å². The highest BCUT2D eigenvalue weighted by molar-refractivity contribution is 6.09. The van der Waals surface area contributed by atoms with Gasteiger partial charge in [-0.15, -0.1) is 0 Å². The Morgan fingerprint density at radius 1 is 0.682 bits per heavy atom. The van der Waals surface area contributed by atoms with Gasteiger partial charge in [-0.25, -0.2) is 13.8 Å². The Bertz CT molecular complexity index is 991. The van der Waals surface area contributed by atoms with Gasteiger partial charge in [-0.05, 0) is 29.8 Å². The smallest absolute Gasteiger partial charge is 0.149 e. The second kappa shape index (κ2) is 4.88. The summed E-state index contributed by atoms with van der Waals surface area (Å²) in [5.74, 6) is -0.649. The van der Waals surface area contributed by atoms with Crippen LogP contribution in [-0.2, 0) is 0 Å². The molecule has 0 fully saturated rings. The van der Waals surface area contributed by atoms with Crippen LogP contribution in [0.4, 0.5) is 8.78 Å². The van der Waals surface area contributed by atoms with Crippen LogP contribution >= 0.6 is 0 Å². The first-order chi connectivity index (χ1) is 10.7. The van der Waals surface area contributed by atoms with Crippen molar-refractivity contribution in [3.63, 3.8) is 0 Å². The predicted octanol–water partition coefficient (Wildman–Crippen LogP) is 5.33. The molecule has 3 heteroatoms. The monoisotopic (exact) mass is 291 g/mol. The van der Waals surface area contributed by atoms with Crippen LogP contribution in [0.2, 0.25) is 0 Å². The maximum atomic E-state index is 14.2. The predicted molar refractivity (Wildman–Crippen MR) is 84.6 cm³/mol. The van der Waals surface area contributed by atoms with Crippen molar-refractivity contribution in [3.05, 3.63) is 78.4 Å². The summed E-state index contributed by atoms with van der Waals surface area (Å²) in [4.78, 5) is 4.43. The third-order valence-corrected chi connectivity index (χ3v) is 3.79. The molecule has 1 nitrogen and oxygen atoms in total. The zero-order valence-corrected chi connectivity index (χ0v) is 11.6. The minimum atomic E-state index is -0.355. The molecular formula is C19H11F2N. The normalized spacial score (nSPS) is 11.2. The average Bonchev–Trinajstić information content (AvgIpc) is 2.55. The van der Waals surface area contributed by atoms with Gasteiger partial charge in [0.1, 0.15) is 17.2 Å². The molecule has 0 unspecified atom stereocenters. The topological polar surface area (TPSA) is 12.9 Å². The Kier molecular flexibility index (Phi) is 2.86. The molecule has 0 aliphatic carbocycles. The van der Waals surface area contributed by atoms with E-state index >= 15 is 0 Å². The highest BCUT2D eigenvalue weighted by Gasteiger charge is 2.13. The molecule has 0 spiro atoms. The molecule has 1 heterocycles. The Labute approximate surface area is 125 Å². The maximum absolute atomic E-state index is 14.2. The molecule has 0 atom stereocenters. The van der Waals surface area contributed by atoms with Crippen molar-refractivity contribution >= 4 is 21.8 Å². The van der Waals surface area contributed by atoms with Crippen LogP contribution in [0.15, 0.2) is 66.7 Å². The van der Waals surface area contributed by atoms with Crippen molar-refractivity contribution in [3.8, 4) is 11.1 Å². The van der Waals surface area contributed by atoms with Crippen LogP contribution in [0.3, 0.4) is 0 Å². The number of hydrogen-bond donors (Lipinski definition) is 0. The van der Waals surface area contributed by atoms with Crippen molar-refractivity contribution in [1.82, 2.24) is 4.98 Å². The number of pyridine rings is 1. The van der Waals surface area contributed by atoms with Crippen LogP contribution in [0.1, 0.15) is 0 Å². The quantitative estimate of drug-likeness (QED) is 0.432. The number of aromatic nitrogens is 1. The second-order valence-corrected chi connectivity index (χ2v) is 5.15. The lowest BCUT2D eigenvalue weighted by molar-refractivity contribution is 0.628. The van der Waals surface area contributed by atoms with Crippen molar-refractivity contribution in [2.24, 2.45) is 0 Å². The summed E-state index contributed by atoms with van der Waals surface area (Å²) in [7, 11) is 0. The molecule has 4 rings (SSSR count). The highest BCUT2D eigenvalue weighted by Crippen LogP contribution is 2.35. The number of para-hydroxylation sites is 2. The van der Waals surface area contributed by atoms with Gasteiger partial charge in [-0.2, -0.15) is 0 Å². The van der Waals surface area contributed by atoms with E-state index < -0.39 is 0 Å². The van der Waals surface area contributed by atoms with Crippen molar-refractivity contribution in [2.45, 2.75) is 0 Å². The Balaban J connectivity index is 2.21. The van der Waals surface area contributed by atoms with Gasteiger partial charge in [0.2, 0.25) is 0 Å². The molecule has 1 aromatic heterocycles. The van der Waals surface area contributed by atoms with Gasteiger partial charge < -0.3 is 0 Å². The SMILES string of the molecule is Fc1ccc(-c2c3ccccc3nc3c(F)cccc23)cc1. The van der Waals surface area contributed by atoms with E-state index in [4.69, 9.17) is 0 Å². The van der Waals surface area contributed by atoms with Crippen LogP contribution in [0.5, 0.6) is 0 Å². The molecule has 0 amide bonds. The van der Waals surface area contributed by atoms with Gasteiger partial charge in [0, 0.05) is 16.3 Å².